The second kappa shape index (κ2) is 14.4. The zero-order valence-electron chi connectivity index (χ0n) is 31.0. The summed E-state index contributed by atoms with van der Waals surface area (Å²) in [4.78, 5) is 60.2. The van der Waals surface area contributed by atoms with Gasteiger partial charge in [-0.3, -0.25) is 9.59 Å². The maximum absolute atomic E-state index is 14.5. The molecule has 5 atom stereocenters. The molecule has 5 rings (SSSR count). The van der Waals surface area contributed by atoms with Crippen molar-refractivity contribution in [1.82, 2.24) is 25.8 Å². The van der Waals surface area contributed by atoms with Crippen molar-refractivity contribution in [1.29, 1.82) is 0 Å². The van der Waals surface area contributed by atoms with E-state index in [9.17, 15) is 24.3 Å². The first-order valence-electron chi connectivity index (χ1n) is 17.3. The lowest BCUT2D eigenvalue weighted by Crippen LogP contribution is -2.61. The molecule has 2 heterocycles. The van der Waals surface area contributed by atoms with Gasteiger partial charge < -0.3 is 40.2 Å². The van der Waals surface area contributed by atoms with E-state index in [4.69, 9.17) is 19.2 Å². The predicted octanol–water partition coefficient (Wildman–Crippen LogP) is 4.93. The second-order valence-electron chi connectivity index (χ2n) is 15.6. The van der Waals surface area contributed by atoms with Gasteiger partial charge in [-0.25, -0.2) is 14.6 Å². The number of aliphatic carboxylic acids is 1. The number of carbonyl (C=O) groups is 4. The molecule has 0 radical (unpaired) electrons. The molecule has 4 amide bonds. The summed E-state index contributed by atoms with van der Waals surface area (Å²) in [7, 11) is 3.16. The van der Waals surface area contributed by atoms with Gasteiger partial charge in [0.1, 0.15) is 41.0 Å². The van der Waals surface area contributed by atoms with Gasteiger partial charge in [-0.2, -0.15) is 0 Å². The van der Waals surface area contributed by atoms with E-state index in [1.54, 1.807) is 26.4 Å². The monoisotopic (exact) mass is 715 g/mol. The predicted molar refractivity (Wildman–Crippen MR) is 196 cm³/mol. The van der Waals surface area contributed by atoms with Crippen LogP contribution in [0.4, 0.5) is 4.79 Å². The van der Waals surface area contributed by atoms with Crippen LogP contribution in [0.2, 0.25) is 0 Å². The van der Waals surface area contributed by atoms with Crippen LogP contribution < -0.4 is 30.2 Å². The summed E-state index contributed by atoms with van der Waals surface area (Å²) in [5.41, 5.74) is -0.792. The zero-order chi connectivity index (χ0) is 38.2. The molecule has 1 unspecified atom stereocenters. The summed E-state index contributed by atoms with van der Waals surface area (Å²) in [6.07, 6.45) is 1.08. The van der Waals surface area contributed by atoms with Crippen LogP contribution in [0.15, 0.2) is 61.2 Å². The second-order valence-corrected chi connectivity index (χ2v) is 15.6. The minimum Gasteiger partial charge on any atom is -0.497 e. The summed E-state index contributed by atoms with van der Waals surface area (Å²) < 4.78 is 17.5. The number of amides is 4. The number of rotatable bonds is 11. The van der Waals surface area contributed by atoms with E-state index in [-0.39, 0.29) is 19.4 Å². The number of nitrogens with one attached hydrogen (secondary N) is 3. The van der Waals surface area contributed by atoms with Crippen molar-refractivity contribution in [2.75, 3.05) is 20.8 Å². The summed E-state index contributed by atoms with van der Waals surface area (Å²) in [6.45, 7) is 14.7. The van der Waals surface area contributed by atoms with E-state index in [2.05, 4.69) is 22.5 Å². The highest BCUT2D eigenvalue weighted by Crippen LogP contribution is 2.45. The Balaban J connectivity index is 1.51. The first-order valence-corrected chi connectivity index (χ1v) is 17.3. The molecule has 52 heavy (non-hydrogen) atoms. The van der Waals surface area contributed by atoms with Crippen LogP contribution in [0.1, 0.15) is 54.4 Å². The quantitative estimate of drug-likeness (QED) is 0.201. The number of pyridine rings is 1. The molecule has 1 saturated heterocycles. The molecule has 2 aromatic carbocycles. The van der Waals surface area contributed by atoms with E-state index in [1.807, 2.05) is 77.9 Å². The topological polar surface area (TPSA) is 168 Å². The highest BCUT2D eigenvalue weighted by atomic mass is 16.5. The number of hydrogen-bond donors (Lipinski definition) is 4. The number of aromatic nitrogens is 1. The Hall–Kier alpha value is -5.33. The summed E-state index contributed by atoms with van der Waals surface area (Å²) in [6, 6.07) is 12.0. The van der Waals surface area contributed by atoms with Gasteiger partial charge in [0.15, 0.2) is 0 Å². The third kappa shape index (κ3) is 8.08. The summed E-state index contributed by atoms with van der Waals surface area (Å²) in [5, 5.41) is 19.1. The first-order chi connectivity index (χ1) is 24.4. The van der Waals surface area contributed by atoms with Crippen LogP contribution in [0.5, 0.6) is 17.2 Å². The van der Waals surface area contributed by atoms with Gasteiger partial charge in [-0.15, -0.1) is 6.58 Å². The smallest absolute Gasteiger partial charge is 0.330 e. The van der Waals surface area contributed by atoms with Gasteiger partial charge in [0, 0.05) is 41.0 Å². The standard InChI is InChI=1S/C39H49N5O8/c1-10-23-20-39(23,35(47)48)42-33(45)30-18-26(21-44(30)34(46)32(37(2,3)4)41-36(49)43-38(5,6)7)52-31-19-28(22-11-13-24(50-8)14-12-22)40-29-17-25(51-9)15-16-27(29)31/h10-17,19,23,26,30,32H,1,18,20-21H2,2-9H3,(H,42,45)(H,47,48)(H2,41,43,49)/t23-,26+,30-,32+,39?/m0/s1. The van der Waals surface area contributed by atoms with Crippen molar-refractivity contribution in [3.05, 3.63) is 61.2 Å². The van der Waals surface area contributed by atoms with Crippen molar-refractivity contribution in [2.24, 2.45) is 11.3 Å². The minimum atomic E-state index is -1.51. The molecule has 1 aliphatic heterocycles. The van der Waals surface area contributed by atoms with Gasteiger partial charge in [0.2, 0.25) is 11.8 Å². The van der Waals surface area contributed by atoms with Crippen LogP contribution in [-0.4, -0.2) is 88.8 Å². The number of methoxy groups -OCH3 is 2. The minimum absolute atomic E-state index is 0.00509. The maximum atomic E-state index is 14.5. The van der Waals surface area contributed by atoms with Crippen LogP contribution in [0.3, 0.4) is 0 Å². The van der Waals surface area contributed by atoms with Gasteiger partial charge in [0.05, 0.1) is 32.0 Å². The zero-order valence-corrected chi connectivity index (χ0v) is 31.0. The Morgan fingerprint density at radius 2 is 1.65 bits per heavy atom. The third-order valence-electron chi connectivity index (χ3n) is 9.41. The van der Waals surface area contributed by atoms with Gasteiger partial charge in [-0.05, 0) is 69.0 Å². The van der Waals surface area contributed by atoms with E-state index >= 15 is 0 Å². The number of fused-ring (bicyclic) bond motifs is 1. The Morgan fingerprint density at radius 3 is 2.21 bits per heavy atom. The summed E-state index contributed by atoms with van der Waals surface area (Å²) >= 11 is 0. The summed E-state index contributed by atoms with van der Waals surface area (Å²) in [5.74, 6) is -0.971. The fourth-order valence-corrected chi connectivity index (χ4v) is 6.51. The Kier molecular flexibility index (Phi) is 10.5. The van der Waals surface area contributed by atoms with Gasteiger partial charge in [0.25, 0.3) is 0 Å². The third-order valence-corrected chi connectivity index (χ3v) is 9.41. The molecule has 0 spiro atoms. The van der Waals surface area contributed by atoms with Crippen LogP contribution in [0.25, 0.3) is 22.2 Å². The fourth-order valence-electron chi connectivity index (χ4n) is 6.51. The van der Waals surface area contributed by atoms with E-state index in [0.29, 0.717) is 33.8 Å². The lowest BCUT2D eigenvalue weighted by Gasteiger charge is -2.36. The highest BCUT2D eigenvalue weighted by Gasteiger charge is 2.61. The van der Waals surface area contributed by atoms with E-state index < -0.39 is 64.4 Å². The number of carboxylic acid groups (broad SMARTS) is 1. The molecule has 13 heteroatoms. The highest BCUT2D eigenvalue weighted by molar-refractivity contribution is 5.96. The van der Waals surface area contributed by atoms with E-state index in [0.717, 1.165) is 5.56 Å². The lowest BCUT2D eigenvalue weighted by atomic mass is 9.85. The van der Waals surface area contributed by atoms with Crippen LogP contribution in [-0.2, 0) is 14.4 Å². The fraction of sp³-hybridized carbons (Fsp3) is 0.462. The number of carbonyl (C=O) groups excluding carboxylic acids is 3. The van der Waals surface area contributed by atoms with Crippen molar-refractivity contribution in [3.8, 4) is 28.5 Å². The van der Waals surface area contributed by atoms with Crippen LogP contribution >= 0.6 is 0 Å². The lowest BCUT2D eigenvalue weighted by molar-refractivity contribution is -0.146. The normalized spacial score (nSPS) is 21.8. The number of nitrogens with zero attached hydrogens (tertiary/aromatic N) is 2. The molecule has 2 aliphatic rings. The number of likely N-dealkylation sites (tertiary alicyclic amines) is 1. The Bertz CT molecular complexity index is 1870. The molecular formula is C39H49N5O8. The van der Waals surface area contributed by atoms with Gasteiger partial charge in [-0.1, -0.05) is 26.8 Å². The molecule has 13 nitrogen and oxygen atoms in total. The first kappa shape index (κ1) is 37.9. The number of hydrogen-bond acceptors (Lipinski definition) is 8. The average Bonchev–Trinajstić information content (AvgIpc) is 3.64. The Morgan fingerprint density at radius 1 is 1.00 bits per heavy atom. The number of carboxylic acids is 1. The molecule has 1 aliphatic carbocycles. The molecule has 4 N–H and O–H groups in total. The van der Waals surface area contributed by atoms with Crippen LogP contribution in [0, 0.1) is 11.3 Å². The molecule has 1 saturated carbocycles. The number of benzene rings is 2. The Labute approximate surface area is 304 Å². The molecule has 3 aromatic rings. The molecule has 1 aromatic heterocycles. The van der Waals surface area contributed by atoms with E-state index in [1.165, 1.54) is 11.0 Å². The SMILES string of the molecule is C=C[C@H]1CC1(NC(=O)[C@@H]1C[C@@H](Oc2cc(-c3ccc(OC)cc3)nc3cc(OC)ccc23)CN1C(=O)[C@@H](NC(=O)NC(C)(C)C)C(C)(C)C)C(=O)O. The van der Waals surface area contributed by atoms with Gasteiger partial charge >= 0.3 is 12.0 Å². The number of ether oxygens (including phenoxy) is 3. The molecule has 278 valence electrons. The van der Waals surface area contributed by atoms with Crippen molar-refractivity contribution >= 4 is 34.7 Å². The molecular weight excluding hydrogens is 666 g/mol. The van der Waals surface area contributed by atoms with Crippen molar-refractivity contribution in [2.45, 2.75) is 83.6 Å². The maximum Gasteiger partial charge on any atom is 0.330 e. The average molecular weight is 716 g/mol. The van der Waals surface area contributed by atoms with Crippen molar-refractivity contribution < 1.29 is 38.5 Å². The largest absolute Gasteiger partial charge is 0.497 e. The van der Waals surface area contributed by atoms with Crippen molar-refractivity contribution in [3.63, 3.8) is 0 Å². The molecule has 0 bridgehead atoms. The number of urea groups is 1. The molecule has 2 fully saturated rings.